The Morgan fingerprint density at radius 2 is 2.00 bits per heavy atom. The van der Waals surface area contributed by atoms with Crippen molar-refractivity contribution in [3.63, 3.8) is 0 Å². The van der Waals surface area contributed by atoms with Crippen molar-refractivity contribution < 1.29 is 38.5 Å². The first kappa shape index (κ1) is 21.9. The van der Waals surface area contributed by atoms with Crippen LogP contribution in [0.3, 0.4) is 0 Å². The van der Waals surface area contributed by atoms with E-state index in [1.54, 1.807) is 6.08 Å². The second kappa shape index (κ2) is 6.58. The molecule has 5 aliphatic rings. The highest BCUT2D eigenvalue weighted by molar-refractivity contribution is 6.01. The normalized spacial score (nSPS) is 50.5. The number of halogens is 1. The first-order chi connectivity index (χ1) is 14.9. The quantitative estimate of drug-likeness (QED) is 0.496. The minimum atomic E-state index is -1.73. The average Bonchev–Trinajstić information content (AvgIpc) is 3.40. The van der Waals surface area contributed by atoms with Gasteiger partial charge in [-0.2, -0.15) is 0 Å². The van der Waals surface area contributed by atoms with E-state index in [0.717, 1.165) is 0 Å². The van der Waals surface area contributed by atoms with Crippen LogP contribution >= 0.6 is 0 Å². The Balaban J connectivity index is 1.49. The molecule has 0 amide bonds. The summed E-state index contributed by atoms with van der Waals surface area (Å²) in [5.41, 5.74) is -3.62. The molecule has 3 unspecified atom stereocenters. The number of aliphatic hydroxyl groups is 2. The molecule has 0 aromatic heterocycles. The van der Waals surface area contributed by atoms with Gasteiger partial charge in [-0.05, 0) is 55.7 Å². The lowest BCUT2D eigenvalue weighted by Gasteiger charge is -2.56. The number of aliphatic hydroxyl groups excluding tert-OH is 1. The van der Waals surface area contributed by atoms with Crippen LogP contribution in [0.5, 0.6) is 0 Å². The molecule has 1 spiro atoms. The maximum Gasteiger partial charge on any atom is 0.303 e. The number of esters is 1. The van der Waals surface area contributed by atoms with E-state index in [1.807, 2.05) is 13.8 Å². The van der Waals surface area contributed by atoms with Gasteiger partial charge in [-0.25, -0.2) is 4.39 Å². The number of rotatable bonds is 4. The highest BCUT2D eigenvalue weighted by atomic mass is 19.1. The van der Waals surface area contributed by atoms with Crippen molar-refractivity contribution >= 4 is 17.5 Å². The zero-order valence-electron chi connectivity index (χ0n) is 18.5. The molecule has 4 fully saturated rings. The molecule has 7 nitrogen and oxygen atoms in total. The summed E-state index contributed by atoms with van der Waals surface area (Å²) in [5.74, 6) is -1.86. The molecule has 4 aliphatic carbocycles. The number of hydrogen-bond donors (Lipinski definition) is 2. The Morgan fingerprint density at radius 3 is 2.69 bits per heavy atom. The van der Waals surface area contributed by atoms with Gasteiger partial charge < -0.3 is 19.7 Å². The molecular formula is C24H29FO7. The summed E-state index contributed by atoms with van der Waals surface area (Å²) in [7, 11) is 0. The molecule has 32 heavy (non-hydrogen) atoms. The molecule has 2 N–H and O–H groups in total. The van der Waals surface area contributed by atoms with Gasteiger partial charge in [0.05, 0.1) is 12.2 Å². The summed E-state index contributed by atoms with van der Waals surface area (Å²) < 4.78 is 26.5. The SMILES string of the molecule is CC(=O)OCC(=O)C[C@@]1(O)[C@H](O)CC2C3C[C@H](F)C4=CC(=O)C=C[C@]4(C)C34O[C@@H]4C[C@@]21C. The van der Waals surface area contributed by atoms with Crippen LogP contribution in [0.2, 0.25) is 0 Å². The Bertz CT molecular complexity index is 973. The number of fused-ring (bicyclic) bond motifs is 3. The maximum atomic E-state index is 15.4. The number of Topliss-reactive ketones (excluding diaryl/α,β-unsaturated/α-hetero) is 1. The molecule has 0 aromatic rings. The molecule has 3 saturated carbocycles. The third-order valence-corrected chi connectivity index (χ3v) is 9.23. The minimum Gasteiger partial charge on any atom is -0.458 e. The summed E-state index contributed by atoms with van der Waals surface area (Å²) in [6.07, 6.45) is 2.25. The van der Waals surface area contributed by atoms with Crippen LogP contribution in [0.4, 0.5) is 4.39 Å². The van der Waals surface area contributed by atoms with E-state index in [1.165, 1.54) is 19.1 Å². The van der Waals surface area contributed by atoms with E-state index >= 15 is 4.39 Å². The lowest BCUT2D eigenvalue weighted by Crippen LogP contribution is -2.62. The molecule has 1 aliphatic heterocycles. The number of carbonyl (C=O) groups excluding carboxylic acids is 3. The molecule has 1 heterocycles. The summed E-state index contributed by atoms with van der Waals surface area (Å²) >= 11 is 0. The van der Waals surface area contributed by atoms with Crippen LogP contribution in [0.15, 0.2) is 23.8 Å². The number of ketones is 2. The molecule has 8 heteroatoms. The van der Waals surface area contributed by atoms with Gasteiger partial charge in [0.15, 0.2) is 11.6 Å². The highest BCUT2D eigenvalue weighted by Gasteiger charge is 2.82. The minimum absolute atomic E-state index is 0.142. The molecule has 0 radical (unpaired) electrons. The number of allylic oxidation sites excluding steroid dienone is 2. The second-order valence-corrected chi connectivity index (χ2v) is 10.6. The maximum absolute atomic E-state index is 15.4. The lowest BCUT2D eigenvalue weighted by molar-refractivity contribution is -0.163. The summed E-state index contributed by atoms with van der Waals surface area (Å²) in [5, 5.41) is 22.6. The Hall–Kier alpha value is -1.90. The third-order valence-electron chi connectivity index (χ3n) is 9.23. The van der Waals surface area contributed by atoms with Gasteiger partial charge in [0, 0.05) is 24.2 Å². The van der Waals surface area contributed by atoms with Crippen LogP contribution in [-0.2, 0) is 23.9 Å². The van der Waals surface area contributed by atoms with Crippen LogP contribution in [-0.4, -0.2) is 63.9 Å². The van der Waals surface area contributed by atoms with Crippen LogP contribution < -0.4 is 0 Å². The molecule has 1 saturated heterocycles. The molecule has 9 atom stereocenters. The lowest BCUT2D eigenvalue weighted by atomic mass is 9.46. The van der Waals surface area contributed by atoms with Crippen molar-refractivity contribution in [1.82, 2.24) is 0 Å². The molecule has 174 valence electrons. The Kier molecular flexibility index (Phi) is 4.51. The molecule has 5 rings (SSSR count). The van der Waals surface area contributed by atoms with Crippen LogP contribution in [0.1, 0.15) is 46.5 Å². The van der Waals surface area contributed by atoms with Gasteiger partial charge in [0.2, 0.25) is 0 Å². The van der Waals surface area contributed by atoms with Crippen molar-refractivity contribution in [2.45, 2.75) is 76.0 Å². The van der Waals surface area contributed by atoms with Gasteiger partial charge in [-0.1, -0.05) is 13.0 Å². The molecular weight excluding hydrogens is 419 g/mol. The predicted octanol–water partition coefficient (Wildman–Crippen LogP) is 1.60. The zero-order valence-corrected chi connectivity index (χ0v) is 18.5. The third kappa shape index (κ3) is 2.54. The van der Waals surface area contributed by atoms with Crippen molar-refractivity contribution in [2.24, 2.45) is 22.7 Å². The van der Waals surface area contributed by atoms with Crippen LogP contribution in [0, 0.1) is 22.7 Å². The molecule has 0 bridgehead atoms. The standard InChI is InChI=1S/C24H29FO7/c1-12(26)31-11-14(28)9-23(30)19(29)8-15-16-7-18(25)17-6-13(27)4-5-21(17,2)24(16)20(32-24)10-22(15,23)3/h4-6,15-16,18-20,29-30H,7-11H2,1-3H3/t15?,16?,18-,19+,20+,21-,22-,23+,24?/m0/s1. The fourth-order valence-electron chi connectivity index (χ4n) is 7.59. The highest BCUT2D eigenvalue weighted by Crippen LogP contribution is 2.76. The summed E-state index contributed by atoms with van der Waals surface area (Å²) in [6.45, 7) is 4.49. The second-order valence-electron chi connectivity index (χ2n) is 10.6. The van der Waals surface area contributed by atoms with Gasteiger partial charge >= 0.3 is 5.97 Å². The Labute approximate surface area is 185 Å². The van der Waals surface area contributed by atoms with Crippen LogP contribution in [0.25, 0.3) is 0 Å². The van der Waals surface area contributed by atoms with Gasteiger partial charge in [0.1, 0.15) is 24.0 Å². The monoisotopic (exact) mass is 448 g/mol. The van der Waals surface area contributed by atoms with E-state index in [-0.39, 0.29) is 43.0 Å². The Morgan fingerprint density at radius 1 is 1.28 bits per heavy atom. The molecule has 0 aromatic carbocycles. The first-order valence-corrected chi connectivity index (χ1v) is 11.2. The first-order valence-electron chi connectivity index (χ1n) is 11.2. The number of alkyl halides is 1. The fourth-order valence-corrected chi connectivity index (χ4v) is 7.59. The van der Waals surface area contributed by atoms with E-state index in [0.29, 0.717) is 12.0 Å². The smallest absolute Gasteiger partial charge is 0.303 e. The van der Waals surface area contributed by atoms with E-state index in [9.17, 15) is 24.6 Å². The summed E-state index contributed by atoms with van der Waals surface area (Å²) in [4.78, 5) is 35.5. The van der Waals surface area contributed by atoms with Gasteiger partial charge in [0.25, 0.3) is 0 Å². The van der Waals surface area contributed by atoms with Crippen molar-refractivity contribution in [3.8, 4) is 0 Å². The van der Waals surface area contributed by atoms with Gasteiger partial charge in [-0.3, -0.25) is 14.4 Å². The van der Waals surface area contributed by atoms with E-state index in [2.05, 4.69) is 0 Å². The average molecular weight is 448 g/mol. The van der Waals surface area contributed by atoms with Crippen molar-refractivity contribution in [3.05, 3.63) is 23.8 Å². The number of ether oxygens (including phenoxy) is 2. The fraction of sp³-hybridized carbons (Fsp3) is 0.708. The number of epoxide rings is 1. The van der Waals surface area contributed by atoms with E-state index < -0.39 is 52.7 Å². The predicted molar refractivity (Wildman–Crippen MR) is 109 cm³/mol. The van der Waals surface area contributed by atoms with Crippen molar-refractivity contribution in [2.75, 3.05) is 6.61 Å². The number of hydrogen-bond acceptors (Lipinski definition) is 7. The van der Waals surface area contributed by atoms with Gasteiger partial charge in [-0.15, -0.1) is 0 Å². The largest absolute Gasteiger partial charge is 0.458 e. The zero-order chi connectivity index (χ0) is 23.3. The van der Waals surface area contributed by atoms with E-state index in [4.69, 9.17) is 9.47 Å². The van der Waals surface area contributed by atoms with Crippen molar-refractivity contribution in [1.29, 1.82) is 0 Å². The topological polar surface area (TPSA) is 113 Å². The summed E-state index contributed by atoms with van der Waals surface area (Å²) in [6, 6.07) is 0. The number of carbonyl (C=O) groups is 3.